The molecule has 2 aromatic rings. The molecule has 1 aliphatic heterocycles. The molecular weight excluding hydrogens is 356 g/mol. The van der Waals surface area contributed by atoms with Crippen molar-refractivity contribution in [3.8, 4) is 11.8 Å². The van der Waals surface area contributed by atoms with Crippen LogP contribution >= 0.6 is 0 Å². The van der Waals surface area contributed by atoms with E-state index in [1.54, 1.807) is 32.0 Å². The lowest BCUT2D eigenvalue weighted by Crippen LogP contribution is -2.55. The summed E-state index contributed by atoms with van der Waals surface area (Å²) in [4.78, 5) is 13.3. The van der Waals surface area contributed by atoms with Crippen molar-refractivity contribution >= 4 is 11.7 Å². The molecule has 0 amide bonds. The van der Waals surface area contributed by atoms with E-state index in [4.69, 9.17) is 4.74 Å². The molecule has 6 heteroatoms. The minimum absolute atomic E-state index is 0.0906. The van der Waals surface area contributed by atoms with E-state index in [2.05, 4.69) is 6.07 Å². The number of carboxylic acids is 1. The maximum absolute atomic E-state index is 11.4. The Balaban J connectivity index is 2.20. The van der Waals surface area contributed by atoms with Crippen molar-refractivity contribution in [2.45, 2.75) is 51.0 Å². The van der Waals surface area contributed by atoms with E-state index in [0.717, 1.165) is 5.69 Å². The van der Waals surface area contributed by atoms with Crippen molar-refractivity contribution < 1.29 is 19.7 Å². The SMILES string of the molecule is C[C@H](CC(=O)O)N(c1ccccc1)[C@H]1c2cc(C#N)ccc2OC(C)(C)[C@@H]1O. The van der Waals surface area contributed by atoms with Crippen LogP contribution < -0.4 is 9.64 Å². The predicted molar refractivity (Wildman–Crippen MR) is 105 cm³/mol. The van der Waals surface area contributed by atoms with E-state index < -0.39 is 29.8 Å². The predicted octanol–water partition coefficient (Wildman–Crippen LogP) is 3.50. The summed E-state index contributed by atoms with van der Waals surface area (Å²) in [6.45, 7) is 5.43. The van der Waals surface area contributed by atoms with Gasteiger partial charge in [0.25, 0.3) is 0 Å². The van der Waals surface area contributed by atoms with Crippen molar-refractivity contribution in [2.75, 3.05) is 4.90 Å². The molecule has 0 bridgehead atoms. The maximum Gasteiger partial charge on any atom is 0.305 e. The molecule has 0 aliphatic carbocycles. The second kappa shape index (κ2) is 7.53. The van der Waals surface area contributed by atoms with E-state index in [0.29, 0.717) is 16.9 Å². The van der Waals surface area contributed by atoms with Crippen LogP contribution in [-0.2, 0) is 4.79 Å². The fourth-order valence-corrected chi connectivity index (χ4v) is 3.78. The average molecular weight is 380 g/mol. The molecule has 0 unspecified atom stereocenters. The highest BCUT2D eigenvalue weighted by atomic mass is 16.5. The Morgan fingerprint density at radius 1 is 1.29 bits per heavy atom. The van der Waals surface area contributed by atoms with Gasteiger partial charge in [-0.3, -0.25) is 4.79 Å². The van der Waals surface area contributed by atoms with Gasteiger partial charge in [0.2, 0.25) is 0 Å². The lowest BCUT2D eigenvalue weighted by Gasteiger charge is -2.49. The Bertz CT molecular complexity index is 904. The zero-order chi connectivity index (χ0) is 20.5. The van der Waals surface area contributed by atoms with Crippen LogP contribution in [0.25, 0.3) is 0 Å². The standard InChI is InChI=1S/C22H24N2O4/c1-14(11-19(25)26)24(16-7-5-4-6-8-16)20-17-12-15(13-23)9-10-18(17)28-22(2,3)21(20)27/h4-10,12,14,20-21,27H,11H2,1-3H3,(H,25,26)/t14-,20+,21-/m1/s1. The topological polar surface area (TPSA) is 93.8 Å². The Morgan fingerprint density at radius 2 is 1.96 bits per heavy atom. The molecule has 2 N–H and O–H groups in total. The molecule has 0 spiro atoms. The van der Waals surface area contributed by atoms with E-state index in [1.807, 2.05) is 42.2 Å². The van der Waals surface area contributed by atoms with Crippen molar-refractivity contribution in [1.29, 1.82) is 5.26 Å². The summed E-state index contributed by atoms with van der Waals surface area (Å²) >= 11 is 0. The summed E-state index contributed by atoms with van der Waals surface area (Å²) in [5, 5.41) is 29.9. The van der Waals surface area contributed by atoms with Crippen LogP contribution in [0, 0.1) is 11.3 Å². The summed E-state index contributed by atoms with van der Waals surface area (Å²) < 4.78 is 6.01. The molecule has 3 rings (SSSR count). The number of nitriles is 1. The number of aliphatic hydroxyl groups excluding tert-OH is 1. The molecule has 0 aromatic heterocycles. The van der Waals surface area contributed by atoms with Gasteiger partial charge in [0, 0.05) is 17.3 Å². The molecular formula is C22H24N2O4. The van der Waals surface area contributed by atoms with Gasteiger partial charge in [-0.15, -0.1) is 0 Å². The average Bonchev–Trinajstić information content (AvgIpc) is 2.65. The third-order valence-electron chi connectivity index (χ3n) is 5.14. The molecule has 1 aliphatic rings. The van der Waals surface area contributed by atoms with Gasteiger partial charge in [-0.1, -0.05) is 18.2 Å². The van der Waals surface area contributed by atoms with Crippen molar-refractivity contribution in [1.82, 2.24) is 0 Å². The Kier molecular flexibility index (Phi) is 5.30. The summed E-state index contributed by atoms with van der Waals surface area (Å²) in [7, 11) is 0. The zero-order valence-corrected chi connectivity index (χ0v) is 16.2. The van der Waals surface area contributed by atoms with Gasteiger partial charge >= 0.3 is 5.97 Å². The molecule has 1 heterocycles. The minimum Gasteiger partial charge on any atom is -0.485 e. The summed E-state index contributed by atoms with van der Waals surface area (Å²) in [5.41, 5.74) is 1.04. The highest BCUT2D eigenvalue weighted by Crippen LogP contribution is 2.45. The first-order valence-electron chi connectivity index (χ1n) is 9.21. The molecule has 0 saturated heterocycles. The van der Waals surface area contributed by atoms with Gasteiger partial charge in [-0.05, 0) is 51.1 Å². The summed E-state index contributed by atoms with van der Waals surface area (Å²) in [6.07, 6.45) is -1.03. The number of hydrogen-bond acceptors (Lipinski definition) is 5. The fraction of sp³-hybridized carbons (Fsp3) is 0.364. The van der Waals surface area contributed by atoms with E-state index >= 15 is 0 Å². The van der Waals surface area contributed by atoms with Crippen LogP contribution in [0.1, 0.15) is 44.4 Å². The first-order chi connectivity index (χ1) is 13.2. The first kappa shape index (κ1) is 19.7. The molecule has 0 radical (unpaired) electrons. The lowest BCUT2D eigenvalue weighted by atomic mass is 9.84. The van der Waals surface area contributed by atoms with Gasteiger partial charge in [0.1, 0.15) is 17.5 Å². The van der Waals surface area contributed by atoms with E-state index in [-0.39, 0.29) is 6.42 Å². The maximum atomic E-state index is 11.4. The number of fused-ring (bicyclic) bond motifs is 1. The van der Waals surface area contributed by atoms with Gasteiger partial charge in [0.15, 0.2) is 0 Å². The smallest absolute Gasteiger partial charge is 0.305 e. The molecule has 6 nitrogen and oxygen atoms in total. The Labute approximate surface area is 164 Å². The van der Waals surface area contributed by atoms with Crippen molar-refractivity contribution in [3.05, 3.63) is 59.7 Å². The quantitative estimate of drug-likeness (QED) is 0.825. The summed E-state index contributed by atoms with van der Waals surface area (Å²) in [5.74, 6) is -0.331. The summed E-state index contributed by atoms with van der Waals surface area (Å²) in [6, 6.07) is 15.7. The van der Waals surface area contributed by atoms with Gasteiger partial charge in [0.05, 0.1) is 24.1 Å². The van der Waals surface area contributed by atoms with Crippen LogP contribution in [0.2, 0.25) is 0 Å². The molecule has 0 fully saturated rings. The third kappa shape index (κ3) is 3.67. The molecule has 2 aromatic carbocycles. The number of carbonyl (C=O) groups is 1. The van der Waals surface area contributed by atoms with Gasteiger partial charge in [-0.25, -0.2) is 0 Å². The number of nitrogens with zero attached hydrogens (tertiary/aromatic N) is 2. The van der Waals surface area contributed by atoms with Crippen LogP contribution in [0.5, 0.6) is 5.75 Å². The molecule has 146 valence electrons. The van der Waals surface area contributed by atoms with Crippen LogP contribution in [0.15, 0.2) is 48.5 Å². The highest BCUT2D eigenvalue weighted by Gasteiger charge is 2.46. The fourth-order valence-electron chi connectivity index (χ4n) is 3.78. The second-order valence-electron chi connectivity index (χ2n) is 7.65. The number of benzene rings is 2. The number of rotatable bonds is 5. The highest BCUT2D eigenvalue weighted by molar-refractivity contribution is 5.69. The Morgan fingerprint density at radius 3 is 2.57 bits per heavy atom. The minimum atomic E-state index is -0.939. The lowest BCUT2D eigenvalue weighted by molar-refractivity contribution is -0.137. The number of para-hydroxylation sites is 1. The third-order valence-corrected chi connectivity index (χ3v) is 5.14. The number of carboxylic acid groups (broad SMARTS) is 1. The number of anilines is 1. The Hall–Kier alpha value is -3.04. The number of aliphatic hydroxyl groups is 1. The molecule has 28 heavy (non-hydrogen) atoms. The molecule has 0 saturated carbocycles. The number of ether oxygens (including phenoxy) is 1. The zero-order valence-electron chi connectivity index (χ0n) is 16.2. The van der Waals surface area contributed by atoms with Gasteiger partial charge < -0.3 is 19.8 Å². The van der Waals surface area contributed by atoms with Crippen LogP contribution in [-0.4, -0.2) is 33.9 Å². The van der Waals surface area contributed by atoms with E-state index in [9.17, 15) is 20.3 Å². The normalized spacial score (nSPS) is 21.0. The molecule has 3 atom stereocenters. The monoisotopic (exact) mass is 380 g/mol. The van der Waals surface area contributed by atoms with Gasteiger partial charge in [-0.2, -0.15) is 5.26 Å². The first-order valence-corrected chi connectivity index (χ1v) is 9.21. The van der Waals surface area contributed by atoms with Crippen LogP contribution in [0.3, 0.4) is 0 Å². The number of aliphatic carboxylic acids is 1. The largest absolute Gasteiger partial charge is 0.485 e. The van der Waals surface area contributed by atoms with E-state index in [1.165, 1.54) is 0 Å². The van der Waals surface area contributed by atoms with Crippen molar-refractivity contribution in [3.63, 3.8) is 0 Å². The number of hydrogen-bond donors (Lipinski definition) is 2. The van der Waals surface area contributed by atoms with Crippen molar-refractivity contribution in [2.24, 2.45) is 0 Å². The van der Waals surface area contributed by atoms with Crippen LogP contribution in [0.4, 0.5) is 5.69 Å². The second-order valence-corrected chi connectivity index (χ2v) is 7.65.